The van der Waals surface area contributed by atoms with Gasteiger partial charge in [0.15, 0.2) is 0 Å². The summed E-state index contributed by atoms with van der Waals surface area (Å²) >= 11 is 0. The maximum atomic E-state index is 12.2. The first-order valence-corrected chi connectivity index (χ1v) is 3.88. The van der Waals surface area contributed by atoms with Crippen LogP contribution in [0.4, 0.5) is 8.78 Å². The van der Waals surface area contributed by atoms with E-state index in [1.165, 1.54) is 12.3 Å². The Balaban J connectivity index is 2.43. The number of aromatic nitrogens is 4. The van der Waals surface area contributed by atoms with Crippen molar-refractivity contribution >= 4 is 11.2 Å². The van der Waals surface area contributed by atoms with E-state index < -0.39 is 12.5 Å². The van der Waals surface area contributed by atoms with Crippen molar-refractivity contribution in [2.75, 3.05) is 0 Å². The molecule has 2 aromatic heterocycles. The van der Waals surface area contributed by atoms with Gasteiger partial charge in [0, 0.05) is 6.20 Å². The fourth-order valence-corrected chi connectivity index (χ4v) is 1.08. The Kier molecular flexibility index (Phi) is 2.08. The number of hydrogen-bond donors (Lipinski definition) is 2. The molecule has 0 aliphatic rings. The van der Waals surface area contributed by atoms with Crippen LogP contribution in [0.15, 0.2) is 12.3 Å². The second kappa shape index (κ2) is 3.26. The Hall–Kier alpha value is -1.63. The first-order valence-electron chi connectivity index (χ1n) is 3.88. The van der Waals surface area contributed by atoms with Crippen molar-refractivity contribution in [3.63, 3.8) is 0 Å². The monoisotopic (exact) mass is 199 g/mol. The minimum atomic E-state index is -2.61. The first-order chi connectivity index (χ1) is 6.68. The van der Waals surface area contributed by atoms with Gasteiger partial charge in [-0.25, -0.2) is 13.8 Å². The molecule has 0 radical (unpaired) electrons. The molecular weight excluding hydrogens is 192 g/mol. The first kappa shape index (κ1) is 8.95. The number of nitrogens with one attached hydrogen (secondary N) is 1. The van der Waals surface area contributed by atoms with E-state index in [9.17, 15) is 8.78 Å². The third-order valence-electron chi connectivity index (χ3n) is 1.85. The largest absolute Gasteiger partial charge is 0.319 e. The van der Waals surface area contributed by atoms with E-state index in [1.807, 2.05) is 0 Å². The SMILES string of the molecule is NC(c1cnc2n[nH]nc2c1)C(F)F. The van der Waals surface area contributed by atoms with E-state index in [0.717, 1.165) is 0 Å². The number of hydrogen-bond acceptors (Lipinski definition) is 4. The summed E-state index contributed by atoms with van der Waals surface area (Å²) in [5, 5.41) is 9.75. The zero-order valence-corrected chi connectivity index (χ0v) is 6.98. The molecule has 1 unspecified atom stereocenters. The molecule has 2 aromatic rings. The van der Waals surface area contributed by atoms with Gasteiger partial charge in [-0.2, -0.15) is 10.3 Å². The van der Waals surface area contributed by atoms with Crippen molar-refractivity contribution in [3.05, 3.63) is 17.8 Å². The van der Waals surface area contributed by atoms with Crippen LogP contribution in [0.5, 0.6) is 0 Å². The molecule has 0 aliphatic heterocycles. The topological polar surface area (TPSA) is 80.5 Å². The molecule has 74 valence electrons. The number of pyridine rings is 1. The summed E-state index contributed by atoms with van der Waals surface area (Å²) in [5.41, 5.74) is 6.31. The number of halogens is 2. The number of nitrogens with zero attached hydrogens (tertiary/aromatic N) is 3. The van der Waals surface area contributed by atoms with E-state index in [2.05, 4.69) is 20.4 Å². The van der Waals surface area contributed by atoms with Crippen molar-refractivity contribution in [2.45, 2.75) is 12.5 Å². The molecule has 2 rings (SSSR count). The summed E-state index contributed by atoms with van der Waals surface area (Å²) in [6.07, 6.45) is -1.33. The third kappa shape index (κ3) is 1.41. The van der Waals surface area contributed by atoms with Crippen LogP contribution in [0.2, 0.25) is 0 Å². The highest BCUT2D eigenvalue weighted by Crippen LogP contribution is 2.18. The standard InChI is InChI=1S/C7H7F2N5/c8-6(9)5(10)3-1-4-7(11-2-3)13-14-12-4/h1-2,5-6H,10H2,(H,11,12,13,14). The zero-order chi connectivity index (χ0) is 10.1. The highest BCUT2D eigenvalue weighted by Gasteiger charge is 2.18. The molecule has 0 spiro atoms. The zero-order valence-electron chi connectivity index (χ0n) is 6.98. The molecule has 0 amide bonds. The molecule has 0 saturated carbocycles. The molecule has 0 bridgehead atoms. The quantitative estimate of drug-likeness (QED) is 0.742. The number of rotatable bonds is 2. The average molecular weight is 199 g/mol. The predicted octanol–water partition coefficient (Wildman–Crippen LogP) is 0.618. The molecule has 0 fully saturated rings. The van der Waals surface area contributed by atoms with Crippen LogP contribution < -0.4 is 5.73 Å². The van der Waals surface area contributed by atoms with Crippen molar-refractivity contribution in [1.29, 1.82) is 0 Å². The van der Waals surface area contributed by atoms with Crippen molar-refractivity contribution in [2.24, 2.45) is 5.73 Å². The van der Waals surface area contributed by atoms with Crippen LogP contribution in [-0.2, 0) is 0 Å². The summed E-state index contributed by atoms with van der Waals surface area (Å²) in [6.45, 7) is 0. The fraction of sp³-hybridized carbons (Fsp3) is 0.286. The Morgan fingerprint density at radius 1 is 1.36 bits per heavy atom. The minimum absolute atomic E-state index is 0.251. The van der Waals surface area contributed by atoms with E-state index in [1.54, 1.807) is 0 Å². The number of H-pyrrole nitrogens is 1. The van der Waals surface area contributed by atoms with Gasteiger partial charge in [0.05, 0.1) is 6.04 Å². The van der Waals surface area contributed by atoms with Crippen molar-refractivity contribution in [1.82, 2.24) is 20.4 Å². The van der Waals surface area contributed by atoms with E-state index in [0.29, 0.717) is 11.2 Å². The number of alkyl halides is 2. The smallest absolute Gasteiger partial charge is 0.257 e. The van der Waals surface area contributed by atoms with Crippen LogP contribution in [-0.4, -0.2) is 26.8 Å². The van der Waals surface area contributed by atoms with E-state index >= 15 is 0 Å². The highest BCUT2D eigenvalue weighted by atomic mass is 19.3. The fourth-order valence-electron chi connectivity index (χ4n) is 1.08. The normalized spacial score (nSPS) is 13.7. The van der Waals surface area contributed by atoms with Crippen molar-refractivity contribution in [3.8, 4) is 0 Å². The maximum Gasteiger partial charge on any atom is 0.257 e. The second-order valence-corrected chi connectivity index (χ2v) is 2.80. The van der Waals surface area contributed by atoms with Crippen LogP contribution >= 0.6 is 0 Å². The molecule has 14 heavy (non-hydrogen) atoms. The third-order valence-corrected chi connectivity index (χ3v) is 1.85. The minimum Gasteiger partial charge on any atom is -0.319 e. The van der Waals surface area contributed by atoms with Gasteiger partial charge in [-0.3, -0.25) is 0 Å². The predicted molar refractivity (Wildman–Crippen MR) is 44.6 cm³/mol. The van der Waals surface area contributed by atoms with Gasteiger partial charge >= 0.3 is 0 Å². The molecule has 5 nitrogen and oxygen atoms in total. The van der Waals surface area contributed by atoms with Crippen LogP contribution in [0.1, 0.15) is 11.6 Å². The Labute approximate surface area is 77.3 Å². The summed E-state index contributed by atoms with van der Waals surface area (Å²) in [6, 6.07) is 0.117. The average Bonchev–Trinajstić information content (AvgIpc) is 2.62. The van der Waals surface area contributed by atoms with Gasteiger partial charge in [0.2, 0.25) is 5.65 Å². The Bertz CT molecular complexity index is 440. The number of nitrogens with two attached hydrogens (primary N) is 1. The van der Waals surface area contributed by atoms with Gasteiger partial charge in [-0.15, -0.1) is 5.10 Å². The van der Waals surface area contributed by atoms with E-state index in [4.69, 9.17) is 5.73 Å². The van der Waals surface area contributed by atoms with Gasteiger partial charge in [-0.05, 0) is 11.6 Å². The van der Waals surface area contributed by atoms with E-state index in [-0.39, 0.29) is 5.56 Å². The molecule has 7 heteroatoms. The summed E-state index contributed by atoms with van der Waals surface area (Å²) < 4.78 is 24.5. The van der Waals surface area contributed by atoms with Crippen LogP contribution in [0, 0.1) is 0 Å². The van der Waals surface area contributed by atoms with Gasteiger partial charge in [0.25, 0.3) is 6.43 Å². The molecular formula is C7H7F2N5. The number of fused-ring (bicyclic) bond motifs is 1. The molecule has 2 heterocycles. The lowest BCUT2D eigenvalue weighted by Crippen LogP contribution is -2.18. The van der Waals surface area contributed by atoms with Gasteiger partial charge < -0.3 is 5.73 Å². The highest BCUT2D eigenvalue weighted by molar-refractivity contribution is 5.69. The Morgan fingerprint density at radius 2 is 2.14 bits per heavy atom. The summed E-state index contributed by atoms with van der Waals surface area (Å²) in [5.74, 6) is 0. The molecule has 1 atom stereocenters. The van der Waals surface area contributed by atoms with Crippen molar-refractivity contribution < 1.29 is 8.78 Å². The lowest BCUT2D eigenvalue weighted by Gasteiger charge is -2.08. The second-order valence-electron chi connectivity index (χ2n) is 2.80. The van der Waals surface area contributed by atoms with Crippen LogP contribution in [0.3, 0.4) is 0 Å². The summed E-state index contributed by atoms with van der Waals surface area (Å²) in [4.78, 5) is 3.83. The Morgan fingerprint density at radius 3 is 2.86 bits per heavy atom. The lowest BCUT2D eigenvalue weighted by molar-refractivity contribution is 0.116. The number of aromatic amines is 1. The summed E-state index contributed by atoms with van der Waals surface area (Å²) in [7, 11) is 0. The maximum absolute atomic E-state index is 12.2. The molecule has 0 aromatic carbocycles. The molecule has 3 N–H and O–H groups in total. The molecule has 0 aliphatic carbocycles. The van der Waals surface area contributed by atoms with Crippen LogP contribution in [0.25, 0.3) is 11.2 Å². The molecule has 0 saturated heterocycles. The van der Waals surface area contributed by atoms with Gasteiger partial charge in [-0.1, -0.05) is 0 Å². The van der Waals surface area contributed by atoms with Gasteiger partial charge in [0.1, 0.15) is 5.52 Å². The lowest BCUT2D eigenvalue weighted by atomic mass is 10.1.